The van der Waals surface area contributed by atoms with Crippen molar-refractivity contribution < 1.29 is 19.0 Å². The van der Waals surface area contributed by atoms with Crippen molar-refractivity contribution in [3.63, 3.8) is 0 Å². The summed E-state index contributed by atoms with van der Waals surface area (Å²) in [6.45, 7) is 3.42. The van der Waals surface area contributed by atoms with Crippen molar-refractivity contribution in [2.45, 2.75) is 26.0 Å². The van der Waals surface area contributed by atoms with E-state index in [4.69, 9.17) is 9.84 Å². The zero-order chi connectivity index (χ0) is 14.3. The molecule has 1 N–H and O–H groups in total. The summed E-state index contributed by atoms with van der Waals surface area (Å²) < 4.78 is 17.9. The van der Waals surface area contributed by atoms with Crippen molar-refractivity contribution in [1.29, 1.82) is 0 Å². The Kier molecular flexibility index (Phi) is 6.45. The fourth-order valence-corrected chi connectivity index (χ4v) is 1.80. The van der Waals surface area contributed by atoms with Crippen molar-refractivity contribution in [2.75, 3.05) is 20.2 Å². The van der Waals surface area contributed by atoms with E-state index in [-0.39, 0.29) is 5.82 Å². The van der Waals surface area contributed by atoms with Gasteiger partial charge in [0.05, 0.1) is 0 Å². The number of carboxylic acid groups (broad SMARTS) is 1. The SMILES string of the molecule is CCOC(CCN(C)Cc1ccc(F)cc1)C(=O)O. The van der Waals surface area contributed by atoms with Crippen LogP contribution < -0.4 is 0 Å². The molecule has 0 amide bonds. The molecule has 1 aromatic carbocycles. The molecule has 106 valence electrons. The van der Waals surface area contributed by atoms with Crippen LogP contribution in [0.1, 0.15) is 18.9 Å². The molecular formula is C14H20FNO3. The lowest BCUT2D eigenvalue weighted by molar-refractivity contribution is -0.150. The highest BCUT2D eigenvalue weighted by molar-refractivity contribution is 5.72. The molecule has 0 aliphatic rings. The van der Waals surface area contributed by atoms with Gasteiger partial charge in [-0.15, -0.1) is 0 Å². The zero-order valence-corrected chi connectivity index (χ0v) is 11.3. The summed E-state index contributed by atoms with van der Waals surface area (Å²) in [5, 5.41) is 8.95. The highest BCUT2D eigenvalue weighted by atomic mass is 19.1. The summed E-state index contributed by atoms with van der Waals surface area (Å²) >= 11 is 0. The number of hydrogen-bond donors (Lipinski definition) is 1. The van der Waals surface area contributed by atoms with Crippen LogP contribution in [0.25, 0.3) is 0 Å². The number of nitrogens with zero attached hydrogens (tertiary/aromatic N) is 1. The molecule has 0 aromatic heterocycles. The van der Waals surface area contributed by atoms with Crippen LogP contribution in [0, 0.1) is 5.82 Å². The minimum Gasteiger partial charge on any atom is -0.479 e. The number of hydrogen-bond acceptors (Lipinski definition) is 3. The lowest BCUT2D eigenvalue weighted by Gasteiger charge is -2.19. The van der Waals surface area contributed by atoms with E-state index in [1.165, 1.54) is 12.1 Å². The molecule has 0 saturated carbocycles. The third-order valence-corrected chi connectivity index (χ3v) is 2.78. The lowest BCUT2D eigenvalue weighted by Crippen LogP contribution is -2.29. The Labute approximate surface area is 112 Å². The number of benzene rings is 1. The maximum atomic E-state index is 12.8. The smallest absolute Gasteiger partial charge is 0.332 e. The van der Waals surface area contributed by atoms with Gasteiger partial charge in [0, 0.05) is 19.7 Å². The first-order valence-electron chi connectivity index (χ1n) is 6.30. The van der Waals surface area contributed by atoms with Gasteiger partial charge in [0.1, 0.15) is 5.82 Å². The molecule has 0 bridgehead atoms. The Morgan fingerprint density at radius 3 is 2.58 bits per heavy atom. The Morgan fingerprint density at radius 2 is 2.05 bits per heavy atom. The Bertz CT molecular complexity index is 394. The summed E-state index contributed by atoms with van der Waals surface area (Å²) in [4.78, 5) is 12.9. The number of rotatable bonds is 8. The van der Waals surface area contributed by atoms with Gasteiger partial charge in [-0.05, 0) is 38.1 Å². The highest BCUT2D eigenvalue weighted by Crippen LogP contribution is 2.07. The van der Waals surface area contributed by atoms with Gasteiger partial charge in [-0.3, -0.25) is 0 Å². The van der Waals surface area contributed by atoms with Crippen LogP contribution in [-0.2, 0) is 16.1 Å². The van der Waals surface area contributed by atoms with E-state index >= 15 is 0 Å². The van der Waals surface area contributed by atoms with Gasteiger partial charge in [-0.1, -0.05) is 12.1 Å². The van der Waals surface area contributed by atoms with Gasteiger partial charge in [0.25, 0.3) is 0 Å². The number of carboxylic acids is 1. The monoisotopic (exact) mass is 269 g/mol. The molecule has 0 fully saturated rings. The van der Waals surface area contributed by atoms with Crippen molar-refractivity contribution >= 4 is 5.97 Å². The van der Waals surface area contributed by atoms with Crippen LogP contribution in [0.15, 0.2) is 24.3 Å². The summed E-state index contributed by atoms with van der Waals surface area (Å²) in [6.07, 6.45) is -0.332. The molecule has 0 heterocycles. The Morgan fingerprint density at radius 1 is 1.42 bits per heavy atom. The van der Waals surface area contributed by atoms with Crippen LogP contribution in [-0.4, -0.2) is 42.3 Å². The Balaban J connectivity index is 2.40. The van der Waals surface area contributed by atoms with Crippen molar-refractivity contribution in [3.8, 4) is 0 Å². The average Bonchev–Trinajstić information content (AvgIpc) is 2.37. The fourth-order valence-electron chi connectivity index (χ4n) is 1.80. The minimum atomic E-state index is -0.933. The zero-order valence-electron chi connectivity index (χ0n) is 11.3. The molecule has 1 aromatic rings. The van der Waals surface area contributed by atoms with Crippen molar-refractivity contribution in [3.05, 3.63) is 35.6 Å². The quantitative estimate of drug-likeness (QED) is 0.785. The second kappa shape index (κ2) is 7.86. The molecule has 0 saturated heterocycles. The molecule has 0 aliphatic heterocycles. The molecule has 5 heteroatoms. The number of carbonyl (C=O) groups is 1. The second-order valence-corrected chi connectivity index (χ2v) is 4.44. The molecule has 1 rings (SSSR count). The van der Waals surface area contributed by atoms with Crippen molar-refractivity contribution in [2.24, 2.45) is 0 Å². The molecule has 19 heavy (non-hydrogen) atoms. The summed E-state index contributed by atoms with van der Waals surface area (Å²) in [7, 11) is 1.90. The largest absolute Gasteiger partial charge is 0.479 e. The van der Waals surface area contributed by atoms with Gasteiger partial charge >= 0.3 is 5.97 Å². The number of halogens is 1. The van der Waals surface area contributed by atoms with E-state index in [0.717, 1.165) is 5.56 Å². The number of aliphatic carboxylic acids is 1. The molecule has 0 aliphatic carbocycles. The van der Waals surface area contributed by atoms with Crippen LogP contribution in [0.5, 0.6) is 0 Å². The minimum absolute atomic E-state index is 0.256. The predicted molar refractivity (Wildman–Crippen MR) is 70.4 cm³/mol. The first-order chi connectivity index (χ1) is 9.02. The summed E-state index contributed by atoms with van der Waals surface area (Å²) in [6, 6.07) is 6.29. The van der Waals surface area contributed by atoms with E-state index in [1.54, 1.807) is 19.1 Å². The van der Waals surface area contributed by atoms with E-state index in [2.05, 4.69) is 0 Å². The third kappa shape index (κ3) is 5.81. The van der Waals surface area contributed by atoms with Gasteiger partial charge in [-0.2, -0.15) is 0 Å². The second-order valence-electron chi connectivity index (χ2n) is 4.44. The van der Waals surface area contributed by atoms with E-state index in [0.29, 0.717) is 26.1 Å². The van der Waals surface area contributed by atoms with Crippen molar-refractivity contribution in [1.82, 2.24) is 4.90 Å². The molecule has 0 spiro atoms. The fraction of sp³-hybridized carbons (Fsp3) is 0.500. The predicted octanol–water partition coefficient (Wildman–Crippen LogP) is 2.14. The average molecular weight is 269 g/mol. The molecule has 1 unspecified atom stereocenters. The van der Waals surface area contributed by atoms with Gasteiger partial charge in [0.2, 0.25) is 0 Å². The van der Waals surface area contributed by atoms with E-state index in [9.17, 15) is 9.18 Å². The van der Waals surface area contributed by atoms with E-state index < -0.39 is 12.1 Å². The summed E-state index contributed by atoms with van der Waals surface area (Å²) in [5.41, 5.74) is 0.993. The lowest BCUT2D eigenvalue weighted by atomic mass is 10.2. The molecular weight excluding hydrogens is 249 g/mol. The maximum Gasteiger partial charge on any atom is 0.332 e. The van der Waals surface area contributed by atoms with Gasteiger partial charge < -0.3 is 14.7 Å². The summed E-state index contributed by atoms with van der Waals surface area (Å²) in [5.74, 6) is -1.19. The van der Waals surface area contributed by atoms with Crippen LogP contribution >= 0.6 is 0 Å². The standard InChI is InChI=1S/C14H20FNO3/c1-3-19-13(14(17)18)8-9-16(2)10-11-4-6-12(15)7-5-11/h4-7,13H,3,8-10H2,1-2H3,(H,17,18). The highest BCUT2D eigenvalue weighted by Gasteiger charge is 2.17. The molecule has 0 radical (unpaired) electrons. The van der Waals surface area contributed by atoms with Crippen LogP contribution in [0.3, 0.4) is 0 Å². The molecule has 1 atom stereocenters. The third-order valence-electron chi connectivity index (χ3n) is 2.78. The first kappa shape index (κ1) is 15.6. The maximum absolute atomic E-state index is 12.8. The van der Waals surface area contributed by atoms with E-state index in [1.807, 2.05) is 11.9 Å². The first-order valence-corrected chi connectivity index (χ1v) is 6.30. The number of ether oxygens (including phenoxy) is 1. The van der Waals surface area contributed by atoms with Crippen LogP contribution in [0.4, 0.5) is 4.39 Å². The normalized spacial score (nSPS) is 12.6. The van der Waals surface area contributed by atoms with Gasteiger partial charge in [-0.25, -0.2) is 9.18 Å². The topological polar surface area (TPSA) is 49.8 Å². The van der Waals surface area contributed by atoms with Crippen LogP contribution in [0.2, 0.25) is 0 Å². The molecule has 4 nitrogen and oxygen atoms in total. The van der Waals surface area contributed by atoms with Gasteiger partial charge in [0.15, 0.2) is 6.10 Å². The Hall–Kier alpha value is -1.46.